The van der Waals surface area contributed by atoms with Crippen molar-refractivity contribution in [3.8, 4) is 5.75 Å². The molecule has 0 saturated heterocycles. The summed E-state index contributed by atoms with van der Waals surface area (Å²) in [4.78, 5) is 11.8. The van der Waals surface area contributed by atoms with E-state index in [1.165, 1.54) is 0 Å². The molecule has 0 aliphatic carbocycles. The molecule has 1 aromatic carbocycles. The van der Waals surface area contributed by atoms with Crippen LogP contribution in [-0.2, 0) is 15.6 Å². The van der Waals surface area contributed by atoms with Crippen LogP contribution in [0.2, 0.25) is 0 Å². The molecule has 1 atom stereocenters. The maximum Gasteiger partial charge on any atom is 0.257 e. The first-order valence-electron chi connectivity index (χ1n) is 6.17. The third-order valence-corrected chi connectivity index (χ3v) is 4.02. The minimum Gasteiger partial charge on any atom is -0.484 e. The summed E-state index contributed by atoms with van der Waals surface area (Å²) in [7, 11) is -0.870. The second kappa shape index (κ2) is 8.65. The molecule has 0 saturated carbocycles. The lowest BCUT2D eigenvalue weighted by Gasteiger charge is -2.07. The second-order valence-corrected chi connectivity index (χ2v) is 6.26. The maximum absolute atomic E-state index is 11.5. The highest BCUT2D eigenvalue weighted by Gasteiger charge is 2.04. The van der Waals surface area contributed by atoms with Crippen molar-refractivity contribution in [2.45, 2.75) is 6.92 Å². The van der Waals surface area contributed by atoms with E-state index in [0.29, 0.717) is 28.8 Å². The number of ether oxygens (including phenoxy) is 1. The summed E-state index contributed by atoms with van der Waals surface area (Å²) in [5, 5.41) is 2.65. The van der Waals surface area contributed by atoms with Crippen molar-refractivity contribution in [1.82, 2.24) is 5.32 Å². The van der Waals surface area contributed by atoms with Crippen LogP contribution in [0.4, 0.5) is 0 Å². The van der Waals surface area contributed by atoms with Gasteiger partial charge in [0, 0.05) is 34.4 Å². The zero-order valence-electron chi connectivity index (χ0n) is 11.3. The van der Waals surface area contributed by atoms with Crippen molar-refractivity contribution in [3.63, 3.8) is 0 Å². The number of hydrogen-bond donors (Lipinski definition) is 2. The van der Waals surface area contributed by atoms with E-state index in [0.717, 1.165) is 5.56 Å². The largest absolute Gasteiger partial charge is 0.484 e. The molecule has 5 nitrogen and oxygen atoms in total. The molecule has 1 rings (SSSR count). The van der Waals surface area contributed by atoms with Crippen LogP contribution in [0.5, 0.6) is 5.75 Å². The number of hydrogen-bond acceptors (Lipinski definition) is 4. The monoisotopic (exact) mass is 314 g/mol. The number of thiocarbonyl (C=S) groups is 1. The van der Waals surface area contributed by atoms with Crippen molar-refractivity contribution in [2.75, 3.05) is 24.7 Å². The van der Waals surface area contributed by atoms with Gasteiger partial charge < -0.3 is 15.8 Å². The van der Waals surface area contributed by atoms with Gasteiger partial charge in [-0.2, -0.15) is 0 Å². The molecule has 0 aliphatic heterocycles. The second-order valence-electron chi connectivity index (χ2n) is 3.96. The minimum atomic E-state index is -0.870. The molecule has 0 bridgehead atoms. The summed E-state index contributed by atoms with van der Waals surface area (Å²) in [6.07, 6.45) is 0. The van der Waals surface area contributed by atoms with Gasteiger partial charge in [0.25, 0.3) is 5.91 Å². The first-order chi connectivity index (χ1) is 9.52. The van der Waals surface area contributed by atoms with E-state index in [9.17, 15) is 9.00 Å². The van der Waals surface area contributed by atoms with Crippen LogP contribution in [0, 0.1) is 0 Å². The van der Waals surface area contributed by atoms with Crippen LogP contribution >= 0.6 is 12.2 Å². The molecule has 110 valence electrons. The Bertz CT molecular complexity index is 489. The quantitative estimate of drug-likeness (QED) is 0.686. The molecule has 1 amide bonds. The van der Waals surface area contributed by atoms with Gasteiger partial charge in [0.05, 0.1) is 0 Å². The van der Waals surface area contributed by atoms with E-state index in [4.69, 9.17) is 22.7 Å². The Morgan fingerprint density at radius 2 is 2.05 bits per heavy atom. The smallest absolute Gasteiger partial charge is 0.257 e. The summed E-state index contributed by atoms with van der Waals surface area (Å²) in [6, 6.07) is 6.88. The van der Waals surface area contributed by atoms with Crippen molar-refractivity contribution >= 4 is 33.9 Å². The van der Waals surface area contributed by atoms with Gasteiger partial charge in [0.15, 0.2) is 6.61 Å². The van der Waals surface area contributed by atoms with E-state index >= 15 is 0 Å². The average Bonchev–Trinajstić information content (AvgIpc) is 2.45. The number of nitrogens with one attached hydrogen (secondary N) is 1. The average molecular weight is 314 g/mol. The van der Waals surface area contributed by atoms with Gasteiger partial charge in [-0.1, -0.05) is 19.1 Å². The number of benzene rings is 1. The van der Waals surface area contributed by atoms with Crippen LogP contribution in [0.15, 0.2) is 24.3 Å². The Morgan fingerprint density at radius 1 is 1.40 bits per heavy atom. The summed E-state index contributed by atoms with van der Waals surface area (Å²) in [6.45, 7) is 2.16. The lowest BCUT2D eigenvalue weighted by molar-refractivity contribution is -0.122. The Hall–Kier alpha value is -1.47. The standard InChI is InChI=1S/C13H18N2O3S2/c1-2-20(17)8-7-15-12(16)9-18-11-5-3-10(4-6-11)13(14)19/h3-6H,2,7-9H2,1H3,(H2,14,19)(H,15,16). The summed E-state index contributed by atoms with van der Waals surface area (Å²) in [5.74, 6) is 1.39. The summed E-state index contributed by atoms with van der Waals surface area (Å²) >= 11 is 4.84. The van der Waals surface area contributed by atoms with Gasteiger partial charge in [-0.15, -0.1) is 0 Å². The van der Waals surface area contributed by atoms with Gasteiger partial charge in [-0.25, -0.2) is 0 Å². The number of carbonyl (C=O) groups is 1. The maximum atomic E-state index is 11.5. The molecule has 0 aliphatic rings. The number of amides is 1. The van der Waals surface area contributed by atoms with Gasteiger partial charge in [0.1, 0.15) is 10.7 Å². The molecular weight excluding hydrogens is 296 g/mol. The number of rotatable bonds is 8. The molecule has 0 fully saturated rings. The van der Waals surface area contributed by atoms with Crippen molar-refractivity contribution < 1.29 is 13.7 Å². The van der Waals surface area contributed by atoms with E-state index in [2.05, 4.69) is 5.32 Å². The van der Waals surface area contributed by atoms with E-state index in [-0.39, 0.29) is 12.5 Å². The number of nitrogens with two attached hydrogens (primary N) is 1. The summed E-state index contributed by atoms with van der Waals surface area (Å²) in [5.41, 5.74) is 6.23. The highest BCUT2D eigenvalue weighted by atomic mass is 32.2. The Kier molecular flexibility index (Phi) is 7.17. The predicted molar refractivity (Wildman–Crippen MR) is 84.4 cm³/mol. The normalized spacial score (nSPS) is 11.7. The minimum absolute atomic E-state index is 0.0782. The van der Waals surface area contributed by atoms with Crippen molar-refractivity contribution in [1.29, 1.82) is 0 Å². The Labute approximate surface area is 126 Å². The van der Waals surface area contributed by atoms with Crippen LogP contribution in [0.25, 0.3) is 0 Å². The Balaban J connectivity index is 2.30. The van der Waals surface area contributed by atoms with Gasteiger partial charge in [0.2, 0.25) is 0 Å². The molecule has 20 heavy (non-hydrogen) atoms. The topological polar surface area (TPSA) is 81.4 Å². The van der Waals surface area contributed by atoms with E-state index < -0.39 is 10.8 Å². The third kappa shape index (κ3) is 6.12. The molecule has 7 heteroatoms. The van der Waals surface area contributed by atoms with E-state index in [1.807, 2.05) is 6.92 Å². The lowest BCUT2D eigenvalue weighted by atomic mass is 10.2. The first kappa shape index (κ1) is 16.6. The van der Waals surface area contributed by atoms with Gasteiger partial charge in [-0.05, 0) is 24.3 Å². The molecule has 1 unspecified atom stereocenters. The zero-order chi connectivity index (χ0) is 15.0. The van der Waals surface area contributed by atoms with Crippen LogP contribution in [0.3, 0.4) is 0 Å². The first-order valence-corrected chi connectivity index (χ1v) is 8.07. The zero-order valence-corrected chi connectivity index (χ0v) is 12.9. The van der Waals surface area contributed by atoms with Crippen molar-refractivity contribution in [3.05, 3.63) is 29.8 Å². The van der Waals surface area contributed by atoms with E-state index in [1.54, 1.807) is 24.3 Å². The highest BCUT2D eigenvalue weighted by molar-refractivity contribution is 7.84. The SMILES string of the molecule is CCS(=O)CCNC(=O)COc1ccc(C(N)=S)cc1. The molecule has 3 N–H and O–H groups in total. The molecule has 0 spiro atoms. The fourth-order valence-electron chi connectivity index (χ4n) is 1.36. The Morgan fingerprint density at radius 3 is 2.60 bits per heavy atom. The van der Waals surface area contributed by atoms with Crippen LogP contribution < -0.4 is 15.8 Å². The molecular formula is C13H18N2O3S2. The molecule has 1 aromatic rings. The summed E-state index contributed by atoms with van der Waals surface area (Å²) < 4.78 is 16.5. The lowest BCUT2D eigenvalue weighted by Crippen LogP contribution is -2.32. The fourth-order valence-corrected chi connectivity index (χ4v) is 2.12. The van der Waals surface area contributed by atoms with Gasteiger partial charge in [-0.3, -0.25) is 9.00 Å². The van der Waals surface area contributed by atoms with Crippen molar-refractivity contribution in [2.24, 2.45) is 5.73 Å². The predicted octanol–water partition coefficient (Wildman–Crippen LogP) is 0.584. The fraction of sp³-hybridized carbons (Fsp3) is 0.385. The number of carbonyl (C=O) groups excluding carboxylic acids is 1. The molecule has 0 aromatic heterocycles. The molecule has 0 heterocycles. The molecule has 0 radical (unpaired) electrons. The highest BCUT2D eigenvalue weighted by Crippen LogP contribution is 2.11. The van der Waals surface area contributed by atoms with Crippen LogP contribution in [-0.4, -0.2) is 39.8 Å². The third-order valence-electron chi connectivity index (χ3n) is 2.48. The van der Waals surface area contributed by atoms with Crippen LogP contribution in [0.1, 0.15) is 12.5 Å². The van der Waals surface area contributed by atoms with Gasteiger partial charge >= 0.3 is 0 Å².